The normalized spacial score (nSPS) is 48.2. The van der Waals surface area contributed by atoms with Gasteiger partial charge in [0.1, 0.15) is 6.10 Å². The monoisotopic (exact) mass is 384 g/mol. The smallest absolute Gasteiger partial charge is 0.184 e. The molecule has 27 heavy (non-hydrogen) atoms. The molecule has 2 fully saturated rings. The summed E-state index contributed by atoms with van der Waals surface area (Å²) in [6, 6.07) is 0. The first-order chi connectivity index (χ1) is 12.6. The Kier molecular flexibility index (Phi) is 8.19. The zero-order valence-electron chi connectivity index (χ0n) is 19.0. The summed E-state index contributed by atoms with van der Waals surface area (Å²) in [6.45, 7) is 19.9. The summed E-state index contributed by atoms with van der Waals surface area (Å²) in [6.07, 6.45) is 1.36. The standard InChI is InChI=1S/C23H44O4/c1-10-12(3)20-16(7)17(8)22(18(9)25-20)27-23-19(24)14(5)15(6)21(26-23)13(4)11-2/h12-24H,10-11H2,1-9H3/t12-,13-,14+,15+,16+,17+,18-,19?,20?,21?,22?,23-/m1/s1. The van der Waals surface area contributed by atoms with Gasteiger partial charge in [-0.1, -0.05) is 68.2 Å². The van der Waals surface area contributed by atoms with Crippen LogP contribution in [0.2, 0.25) is 0 Å². The van der Waals surface area contributed by atoms with E-state index in [1.54, 1.807) is 0 Å². The van der Waals surface area contributed by atoms with Crippen molar-refractivity contribution in [3.63, 3.8) is 0 Å². The zero-order valence-corrected chi connectivity index (χ0v) is 19.0. The van der Waals surface area contributed by atoms with Crippen molar-refractivity contribution in [2.75, 3.05) is 0 Å². The van der Waals surface area contributed by atoms with Crippen LogP contribution < -0.4 is 0 Å². The lowest BCUT2D eigenvalue weighted by molar-refractivity contribution is -0.319. The van der Waals surface area contributed by atoms with E-state index in [1.807, 2.05) is 0 Å². The highest BCUT2D eigenvalue weighted by atomic mass is 16.7. The summed E-state index contributed by atoms with van der Waals surface area (Å²) in [5, 5.41) is 10.8. The maximum atomic E-state index is 10.8. The van der Waals surface area contributed by atoms with E-state index < -0.39 is 12.4 Å². The molecule has 12 atom stereocenters. The predicted octanol–water partition coefficient (Wildman–Crippen LogP) is 4.88. The molecule has 0 saturated carbocycles. The van der Waals surface area contributed by atoms with Gasteiger partial charge >= 0.3 is 0 Å². The summed E-state index contributed by atoms with van der Waals surface area (Å²) in [5.41, 5.74) is 0. The van der Waals surface area contributed by atoms with E-state index >= 15 is 0 Å². The Morgan fingerprint density at radius 3 is 1.78 bits per heavy atom. The Balaban J connectivity index is 2.12. The first kappa shape index (κ1) is 23.1. The Morgan fingerprint density at radius 1 is 0.778 bits per heavy atom. The first-order valence-corrected chi connectivity index (χ1v) is 11.3. The first-order valence-electron chi connectivity index (χ1n) is 11.3. The molecule has 0 aromatic rings. The molecule has 0 aliphatic carbocycles. The molecule has 2 aliphatic rings. The van der Waals surface area contributed by atoms with Crippen LogP contribution in [0.25, 0.3) is 0 Å². The Labute approximate surface area is 167 Å². The van der Waals surface area contributed by atoms with E-state index in [1.165, 1.54) is 0 Å². The van der Waals surface area contributed by atoms with Crippen molar-refractivity contribution in [2.45, 2.75) is 112 Å². The highest BCUT2D eigenvalue weighted by molar-refractivity contribution is 4.92. The molecule has 4 heteroatoms. The van der Waals surface area contributed by atoms with Gasteiger partial charge in [-0.3, -0.25) is 0 Å². The molecule has 0 aromatic heterocycles. The average Bonchev–Trinajstić information content (AvgIpc) is 2.66. The fourth-order valence-corrected chi connectivity index (χ4v) is 4.96. The molecule has 2 saturated heterocycles. The lowest BCUT2D eigenvalue weighted by Crippen LogP contribution is -2.57. The molecule has 0 bridgehead atoms. The second kappa shape index (κ2) is 9.56. The molecule has 2 rings (SSSR count). The zero-order chi connectivity index (χ0) is 20.5. The van der Waals surface area contributed by atoms with Crippen molar-refractivity contribution >= 4 is 0 Å². The van der Waals surface area contributed by atoms with E-state index in [2.05, 4.69) is 62.3 Å². The number of aliphatic hydroxyl groups excluding tert-OH is 1. The predicted molar refractivity (Wildman–Crippen MR) is 109 cm³/mol. The van der Waals surface area contributed by atoms with Crippen molar-refractivity contribution in [3.8, 4) is 0 Å². The lowest BCUT2D eigenvalue weighted by Gasteiger charge is -2.49. The molecule has 2 heterocycles. The van der Waals surface area contributed by atoms with Crippen LogP contribution in [-0.4, -0.2) is 41.9 Å². The Hall–Kier alpha value is -0.160. The van der Waals surface area contributed by atoms with Crippen molar-refractivity contribution in [2.24, 2.45) is 35.5 Å². The summed E-state index contributed by atoms with van der Waals surface area (Å²) < 4.78 is 19.2. The van der Waals surface area contributed by atoms with Crippen LogP contribution in [0.1, 0.15) is 75.2 Å². The van der Waals surface area contributed by atoms with Gasteiger partial charge in [-0.25, -0.2) is 0 Å². The third-order valence-corrected chi connectivity index (χ3v) is 7.86. The molecule has 0 spiro atoms. The number of aliphatic hydroxyl groups is 1. The molecule has 4 nitrogen and oxygen atoms in total. The van der Waals surface area contributed by atoms with Crippen molar-refractivity contribution in [1.82, 2.24) is 0 Å². The summed E-state index contributed by atoms with van der Waals surface area (Å²) >= 11 is 0. The molecule has 160 valence electrons. The van der Waals surface area contributed by atoms with Crippen LogP contribution in [-0.2, 0) is 14.2 Å². The van der Waals surface area contributed by atoms with Gasteiger partial charge in [0.25, 0.3) is 0 Å². The highest BCUT2D eigenvalue weighted by Crippen LogP contribution is 2.40. The number of ether oxygens (including phenoxy) is 3. The second-order valence-corrected chi connectivity index (χ2v) is 9.57. The van der Waals surface area contributed by atoms with Gasteiger partial charge in [-0.15, -0.1) is 0 Å². The summed E-state index contributed by atoms with van der Waals surface area (Å²) in [4.78, 5) is 0. The summed E-state index contributed by atoms with van der Waals surface area (Å²) in [5.74, 6) is 2.25. The Bertz CT molecular complexity index is 456. The third kappa shape index (κ3) is 4.71. The van der Waals surface area contributed by atoms with Crippen LogP contribution in [0.4, 0.5) is 0 Å². The Morgan fingerprint density at radius 2 is 1.26 bits per heavy atom. The minimum Gasteiger partial charge on any atom is -0.388 e. The van der Waals surface area contributed by atoms with Crippen LogP contribution >= 0.6 is 0 Å². The van der Waals surface area contributed by atoms with E-state index in [0.29, 0.717) is 29.6 Å². The SMILES string of the molecule is CC[C@@H](C)C1O[C@H](OC2[C@@H](C)[C@H](C)C([C@H](C)CC)O[C@@H]2C)C(O)[C@@H](C)[C@@H]1C. The largest absolute Gasteiger partial charge is 0.388 e. The molecule has 2 aliphatic heterocycles. The van der Waals surface area contributed by atoms with Crippen LogP contribution in [0.15, 0.2) is 0 Å². The van der Waals surface area contributed by atoms with E-state index in [9.17, 15) is 5.11 Å². The fourth-order valence-electron chi connectivity index (χ4n) is 4.96. The number of hydrogen-bond acceptors (Lipinski definition) is 4. The van der Waals surface area contributed by atoms with E-state index in [4.69, 9.17) is 14.2 Å². The molecule has 0 aromatic carbocycles. The number of hydrogen-bond donors (Lipinski definition) is 1. The fraction of sp³-hybridized carbons (Fsp3) is 1.00. The van der Waals surface area contributed by atoms with Crippen molar-refractivity contribution in [1.29, 1.82) is 0 Å². The molecular formula is C23H44O4. The lowest BCUT2D eigenvalue weighted by atomic mass is 9.76. The van der Waals surface area contributed by atoms with Crippen LogP contribution in [0.5, 0.6) is 0 Å². The van der Waals surface area contributed by atoms with Gasteiger partial charge in [0.15, 0.2) is 6.29 Å². The molecule has 0 amide bonds. The highest BCUT2D eigenvalue weighted by Gasteiger charge is 2.47. The molecule has 0 radical (unpaired) electrons. The van der Waals surface area contributed by atoms with Crippen molar-refractivity contribution < 1.29 is 19.3 Å². The van der Waals surface area contributed by atoms with Gasteiger partial charge in [-0.2, -0.15) is 0 Å². The topological polar surface area (TPSA) is 47.9 Å². The maximum absolute atomic E-state index is 10.8. The number of rotatable bonds is 6. The molecule has 1 N–H and O–H groups in total. The minimum atomic E-state index is -0.595. The quantitative estimate of drug-likeness (QED) is 0.709. The van der Waals surface area contributed by atoms with Gasteiger partial charge in [-0.05, 0) is 42.4 Å². The second-order valence-electron chi connectivity index (χ2n) is 9.57. The summed E-state index contributed by atoms with van der Waals surface area (Å²) in [7, 11) is 0. The molecular weight excluding hydrogens is 340 g/mol. The van der Waals surface area contributed by atoms with E-state index in [-0.39, 0.29) is 30.3 Å². The molecule has 4 unspecified atom stereocenters. The van der Waals surface area contributed by atoms with Crippen LogP contribution in [0, 0.1) is 35.5 Å². The van der Waals surface area contributed by atoms with Gasteiger partial charge in [0.05, 0.1) is 24.4 Å². The minimum absolute atomic E-state index is 0.00250. The van der Waals surface area contributed by atoms with Gasteiger partial charge in [0, 0.05) is 0 Å². The van der Waals surface area contributed by atoms with Crippen LogP contribution in [0.3, 0.4) is 0 Å². The van der Waals surface area contributed by atoms with Gasteiger partial charge in [0.2, 0.25) is 0 Å². The van der Waals surface area contributed by atoms with E-state index in [0.717, 1.165) is 12.8 Å². The average molecular weight is 385 g/mol. The maximum Gasteiger partial charge on any atom is 0.184 e. The van der Waals surface area contributed by atoms with Gasteiger partial charge < -0.3 is 19.3 Å². The third-order valence-electron chi connectivity index (χ3n) is 7.86. The van der Waals surface area contributed by atoms with Crippen molar-refractivity contribution in [3.05, 3.63) is 0 Å².